The summed E-state index contributed by atoms with van der Waals surface area (Å²) in [6, 6.07) is 11.0. The first-order valence-corrected chi connectivity index (χ1v) is 5.87. The predicted molar refractivity (Wildman–Crippen MR) is 75.4 cm³/mol. The van der Waals surface area contributed by atoms with E-state index in [2.05, 4.69) is 56.1 Å². The highest BCUT2D eigenvalue weighted by atomic mass is 79.9. The van der Waals surface area contributed by atoms with E-state index < -0.39 is 0 Å². The highest BCUT2D eigenvalue weighted by molar-refractivity contribution is 8.93. The Balaban J connectivity index is 0.00000128. The molecule has 1 fully saturated rings. The fraction of sp³-hybridized carbons (Fsp3) is 0.571. The molecule has 1 nitrogen and oxygen atoms in total. The van der Waals surface area contributed by atoms with Crippen LogP contribution >= 0.6 is 17.0 Å². The molecule has 1 aromatic carbocycles. The summed E-state index contributed by atoms with van der Waals surface area (Å²) in [5, 5.41) is 0. The third kappa shape index (κ3) is 2.49. The van der Waals surface area contributed by atoms with E-state index in [0.29, 0.717) is 5.41 Å². The Bertz CT molecular complexity index is 325. The summed E-state index contributed by atoms with van der Waals surface area (Å²) in [6.07, 6.45) is 1.27. The SMILES string of the molecule is Br.CC1CN(C)CCC1(C)c1ccccc1. The van der Waals surface area contributed by atoms with E-state index in [0.717, 1.165) is 5.92 Å². The minimum absolute atomic E-state index is 0. The largest absolute Gasteiger partial charge is 0.306 e. The number of nitrogens with zero attached hydrogens (tertiary/aromatic N) is 1. The van der Waals surface area contributed by atoms with Crippen LogP contribution in [0.4, 0.5) is 0 Å². The van der Waals surface area contributed by atoms with E-state index in [9.17, 15) is 0 Å². The topological polar surface area (TPSA) is 3.24 Å². The Morgan fingerprint density at radius 1 is 1.25 bits per heavy atom. The van der Waals surface area contributed by atoms with Gasteiger partial charge < -0.3 is 4.90 Å². The van der Waals surface area contributed by atoms with Crippen LogP contribution in [-0.4, -0.2) is 25.0 Å². The van der Waals surface area contributed by atoms with Crippen LogP contribution in [0.5, 0.6) is 0 Å². The molecule has 1 heterocycles. The van der Waals surface area contributed by atoms with Crippen molar-refractivity contribution in [1.29, 1.82) is 0 Å². The number of hydrogen-bond donors (Lipinski definition) is 0. The molecule has 0 saturated carbocycles. The fourth-order valence-corrected chi connectivity index (χ4v) is 2.68. The maximum Gasteiger partial charge on any atom is 0.00124 e. The summed E-state index contributed by atoms with van der Waals surface area (Å²) in [6.45, 7) is 7.23. The minimum Gasteiger partial charge on any atom is -0.306 e. The first-order valence-electron chi connectivity index (χ1n) is 5.87. The van der Waals surface area contributed by atoms with Gasteiger partial charge in [-0.15, -0.1) is 17.0 Å². The van der Waals surface area contributed by atoms with Crippen molar-refractivity contribution < 1.29 is 0 Å². The monoisotopic (exact) mass is 283 g/mol. The van der Waals surface area contributed by atoms with Crippen LogP contribution in [0.3, 0.4) is 0 Å². The van der Waals surface area contributed by atoms with Gasteiger partial charge in [-0.3, -0.25) is 0 Å². The standard InChI is InChI=1S/C14H21N.BrH/c1-12-11-15(3)10-9-14(12,2)13-7-5-4-6-8-13;/h4-8,12H,9-11H2,1-3H3;1H. The second kappa shape index (κ2) is 5.33. The Labute approximate surface area is 110 Å². The predicted octanol–water partition coefficient (Wildman–Crippen LogP) is 3.49. The van der Waals surface area contributed by atoms with Crippen molar-refractivity contribution in [2.45, 2.75) is 25.7 Å². The van der Waals surface area contributed by atoms with Gasteiger partial charge in [-0.25, -0.2) is 0 Å². The molecule has 1 saturated heterocycles. The molecule has 2 atom stereocenters. The summed E-state index contributed by atoms with van der Waals surface area (Å²) in [4.78, 5) is 2.44. The summed E-state index contributed by atoms with van der Waals surface area (Å²) < 4.78 is 0. The van der Waals surface area contributed by atoms with Gasteiger partial charge in [-0.2, -0.15) is 0 Å². The first-order chi connectivity index (χ1) is 7.13. The highest BCUT2D eigenvalue weighted by Crippen LogP contribution is 2.38. The zero-order chi connectivity index (χ0) is 10.9. The molecule has 1 aromatic rings. The molecule has 0 spiro atoms. The van der Waals surface area contributed by atoms with Crippen molar-refractivity contribution in [2.75, 3.05) is 20.1 Å². The maximum absolute atomic E-state index is 2.44. The Morgan fingerprint density at radius 3 is 2.44 bits per heavy atom. The number of likely N-dealkylation sites (tertiary alicyclic amines) is 1. The second-order valence-corrected chi connectivity index (χ2v) is 5.20. The molecular weight excluding hydrogens is 262 g/mol. The van der Waals surface area contributed by atoms with Crippen molar-refractivity contribution in [3.05, 3.63) is 35.9 Å². The van der Waals surface area contributed by atoms with Crippen LogP contribution in [-0.2, 0) is 5.41 Å². The third-order valence-corrected chi connectivity index (χ3v) is 4.12. The Hall–Kier alpha value is -0.340. The number of hydrogen-bond acceptors (Lipinski definition) is 1. The van der Waals surface area contributed by atoms with Crippen LogP contribution in [0, 0.1) is 5.92 Å². The zero-order valence-electron chi connectivity index (χ0n) is 10.4. The molecule has 0 bridgehead atoms. The molecular formula is C14H22BrN. The van der Waals surface area contributed by atoms with Gasteiger partial charge in [0.05, 0.1) is 0 Å². The number of benzene rings is 1. The third-order valence-electron chi connectivity index (χ3n) is 4.12. The normalized spacial score (nSPS) is 30.8. The Morgan fingerprint density at radius 2 is 1.88 bits per heavy atom. The summed E-state index contributed by atoms with van der Waals surface area (Å²) in [5.41, 5.74) is 1.87. The summed E-state index contributed by atoms with van der Waals surface area (Å²) in [7, 11) is 2.22. The second-order valence-electron chi connectivity index (χ2n) is 5.20. The van der Waals surface area contributed by atoms with Crippen molar-refractivity contribution >= 4 is 17.0 Å². The fourth-order valence-electron chi connectivity index (χ4n) is 2.68. The maximum atomic E-state index is 2.44. The molecule has 0 N–H and O–H groups in total. The van der Waals surface area contributed by atoms with E-state index in [1.165, 1.54) is 25.1 Å². The lowest BCUT2D eigenvalue weighted by atomic mass is 9.68. The average Bonchev–Trinajstić information content (AvgIpc) is 2.25. The molecule has 2 heteroatoms. The molecule has 0 radical (unpaired) electrons. The van der Waals surface area contributed by atoms with Crippen LogP contribution in [0.25, 0.3) is 0 Å². The molecule has 0 amide bonds. The molecule has 0 aromatic heterocycles. The van der Waals surface area contributed by atoms with Crippen LogP contribution in [0.2, 0.25) is 0 Å². The van der Waals surface area contributed by atoms with Gasteiger partial charge in [0.25, 0.3) is 0 Å². The van der Waals surface area contributed by atoms with Crippen molar-refractivity contribution in [2.24, 2.45) is 5.92 Å². The quantitative estimate of drug-likeness (QED) is 0.763. The highest BCUT2D eigenvalue weighted by Gasteiger charge is 2.36. The molecule has 16 heavy (non-hydrogen) atoms. The van der Waals surface area contributed by atoms with Gasteiger partial charge >= 0.3 is 0 Å². The van der Waals surface area contributed by atoms with E-state index in [-0.39, 0.29) is 17.0 Å². The summed E-state index contributed by atoms with van der Waals surface area (Å²) in [5.74, 6) is 0.735. The van der Waals surface area contributed by atoms with Crippen LogP contribution in [0.15, 0.2) is 30.3 Å². The van der Waals surface area contributed by atoms with Crippen LogP contribution in [0.1, 0.15) is 25.8 Å². The molecule has 1 aliphatic heterocycles. The average molecular weight is 284 g/mol. The van der Waals surface area contributed by atoms with Gasteiger partial charge in [0.1, 0.15) is 0 Å². The van der Waals surface area contributed by atoms with Gasteiger partial charge in [-0.05, 0) is 36.9 Å². The lowest BCUT2D eigenvalue weighted by Gasteiger charge is -2.44. The molecule has 2 rings (SSSR count). The number of halogens is 1. The molecule has 1 aliphatic rings. The van der Waals surface area contributed by atoms with Crippen LogP contribution < -0.4 is 0 Å². The Kier molecular flexibility index (Phi) is 4.57. The minimum atomic E-state index is 0. The zero-order valence-corrected chi connectivity index (χ0v) is 12.2. The van der Waals surface area contributed by atoms with Gasteiger partial charge in [0.15, 0.2) is 0 Å². The molecule has 0 aliphatic carbocycles. The van der Waals surface area contributed by atoms with E-state index in [4.69, 9.17) is 0 Å². The lowest BCUT2D eigenvalue weighted by molar-refractivity contribution is 0.134. The molecule has 2 unspecified atom stereocenters. The number of rotatable bonds is 1. The van der Waals surface area contributed by atoms with E-state index in [1.54, 1.807) is 0 Å². The van der Waals surface area contributed by atoms with Gasteiger partial charge in [0.2, 0.25) is 0 Å². The smallest absolute Gasteiger partial charge is 0.00124 e. The van der Waals surface area contributed by atoms with E-state index >= 15 is 0 Å². The van der Waals surface area contributed by atoms with Crippen molar-refractivity contribution in [1.82, 2.24) is 4.90 Å². The summed E-state index contributed by atoms with van der Waals surface area (Å²) >= 11 is 0. The van der Waals surface area contributed by atoms with Crippen molar-refractivity contribution in [3.8, 4) is 0 Å². The lowest BCUT2D eigenvalue weighted by Crippen LogP contribution is -2.45. The number of piperidine rings is 1. The van der Waals surface area contributed by atoms with Gasteiger partial charge in [-0.1, -0.05) is 44.2 Å². The van der Waals surface area contributed by atoms with E-state index in [1.807, 2.05) is 0 Å². The van der Waals surface area contributed by atoms with Crippen molar-refractivity contribution in [3.63, 3.8) is 0 Å². The first kappa shape index (κ1) is 13.7. The molecule has 90 valence electrons. The van der Waals surface area contributed by atoms with Gasteiger partial charge in [0, 0.05) is 6.54 Å².